The highest BCUT2D eigenvalue weighted by Crippen LogP contribution is 2.12. The summed E-state index contributed by atoms with van der Waals surface area (Å²) < 4.78 is 10.4. The smallest absolute Gasteiger partial charge is 0.335 e. The summed E-state index contributed by atoms with van der Waals surface area (Å²) in [4.78, 5) is 22.3. The Labute approximate surface area is 128 Å². The van der Waals surface area contributed by atoms with Gasteiger partial charge in [-0.05, 0) is 29.8 Å². The van der Waals surface area contributed by atoms with Crippen molar-refractivity contribution in [3.63, 3.8) is 0 Å². The second-order valence-electron chi connectivity index (χ2n) is 4.56. The molecule has 0 unspecified atom stereocenters. The lowest BCUT2D eigenvalue weighted by Crippen LogP contribution is -2.14. The monoisotopic (exact) mass is 300 g/mol. The van der Waals surface area contributed by atoms with E-state index in [4.69, 9.17) is 14.6 Å². The summed E-state index contributed by atoms with van der Waals surface area (Å²) in [5.41, 5.74) is 1.10. The predicted molar refractivity (Wildman–Crippen MR) is 80.0 cm³/mol. The summed E-state index contributed by atoms with van der Waals surface area (Å²) in [6.45, 7) is 0.360. The van der Waals surface area contributed by atoms with E-state index >= 15 is 0 Å². The lowest BCUT2D eigenvalue weighted by molar-refractivity contribution is -0.143. The van der Waals surface area contributed by atoms with Gasteiger partial charge >= 0.3 is 11.9 Å². The summed E-state index contributed by atoms with van der Waals surface area (Å²) in [7, 11) is 0. The van der Waals surface area contributed by atoms with Crippen LogP contribution in [0.4, 0.5) is 0 Å². The average Bonchev–Trinajstić information content (AvgIpc) is 2.53. The fourth-order valence-corrected chi connectivity index (χ4v) is 1.82. The molecule has 0 heterocycles. The van der Waals surface area contributed by atoms with Crippen molar-refractivity contribution in [1.82, 2.24) is 0 Å². The molecule has 0 aliphatic heterocycles. The molecule has 0 spiro atoms. The van der Waals surface area contributed by atoms with Crippen LogP contribution < -0.4 is 4.74 Å². The zero-order valence-corrected chi connectivity index (χ0v) is 11.9. The molecular formula is C17H16O5. The van der Waals surface area contributed by atoms with E-state index in [0.29, 0.717) is 5.75 Å². The van der Waals surface area contributed by atoms with Gasteiger partial charge in [-0.2, -0.15) is 0 Å². The lowest BCUT2D eigenvalue weighted by Gasteiger charge is -2.07. The molecule has 5 heteroatoms. The molecule has 0 fully saturated rings. The molecule has 22 heavy (non-hydrogen) atoms. The van der Waals surface area contributed by atoms with Crippen molar-refractivity contribution in [3.05, 3.63) is 65.7 Å². The molecule has 0 aromatic heterocycles. The molecule has 2 aromatic carbocycles. The second kappa shape index (κ2) is 7.83. The minimum Gasteiger partial charge on any atom is -0.490 e. The molecule has 2 rings (SSSR count). The van der Waals surface area contributed by atoms with Gasteiger partial charge in [0, 0.05) is 0 Å². The normalized spacial score (nSPS) is 10.0. The molecule has 0 aliphatic carbocycles. The van der Waals surface area contributed by atoms with Gasteiger partial charge in [-0.25, -0.2) is 4.79 Å². The van der Waals surface area contributed by atoms with Crippen LogP contribution >= 0.6 is 0 Å². The van der Waals surface area contributed by atoms with Crippen LogP contribution in [0.15, 0.2) is 54.6 Å². The van der Waals surface area contributed by atoms with Gasteiger partial charge < -0.3 is 14.6 Å². The Morgan fingerprint density at radius 1 is 0.909 bits per heavy atom. The standard InChI is InChI=1S/C17H16O5/c18-16(12-13-4-2-1-3-5-13)22-11-10-21-15-8-6-14(7-9-15)17(19)20/h1-9H,10-12H2,(H,19,20). The van der Waals surface area contributed by atoms with E-state index in [1.54, 1.807) is 12.1 Å². The number of hydrogen-bond donors (Lipinski definition) is 1. The van der Waals surface area contributed by atoms with Gasteiger partial charge in [0.25, 0.3) is 0 Å². The molecule has 0 saturated carbocycles. The quantitative estimate of drug-likeness (QED) is 0.628. The zero-order chi connectivity index (χ0) is 15.8. The van der Waals surface area contributed by atoms with Crippen molar-refractivity contribution in [2.45, 2.75) is 6.42 Å². The largest absolute Gasteiger partial charge is 0.490 e. The van der Waals surface area contributed by atoms with Gasteiger partial charge in [0.2, 0.25) is 0 Å². The molecule has 0 atom stereocenters. The summed E-state index contributed by atoms with van der Waals surface area (Å²) in [6.07, 6.45) is 0.230. The molecule has 0 bridgehead atoms. The van der Waals surface area contributed by atoms with Gasteiger partial charge in [-0.1, -0.05) is 30.3 Å². The average molecular weight is 300 g/mol. The third-order valence-corrected chi connectivity index (χ3v) is 2.91. The van der Waals surface area contributed by atoms with Gasteiger partial charge in [0.15, 0.2) is 0 Å². The number of carbonyl (C=O) groups is 2. The fraction of sp³-hybridized carbons (Fsp3) is 0.176. The summed E-state index contributed by atoms with van der Waals surface area (Å²) in [5, 5.41) is 8.77. The third kappa shape index (κ3) is 4.94. The zero-order valence-electron chi connectivity index (χ0n) is 11.9. The van der Waals surface area contributed by atoms with Crippen LogP contribution in [0.1, 0.15) is 15.9 Å². The topological polar surface area (TPSA) is 72.8 Å². The van der Waals surface area contributed by atoms with E-state index in [2.05, 4.69) is 0 Å². The Bertz CT molecular complexity index is 619. The minimum absolute atomic E-state index is 0.145. The first-order valence-electron chi connectivity index (χ1n) is 6.81. The fourth-order valence-electron chi connectivity index (χ4n) is 1.82. The van der Waals surface area contributed by atoms with Gasteiger partial charge in [-0.3, -0.25) is 4.79 Å². The van der Waals surface area contributed by atoms with Gasteiger partial charge in [0.05, 0.1) is 12.0 Å². The van der Waals surface area contributed by atoms with Crippen LogP contribution in [0.5, 0.6) is 5.75 Å². The first-order valence-corrected chi connectivity index (χ1v) is 6.81. The molecule has 1 N–H and O–H groups in total. The van der Waals surface area contributed by atoms with Crippen molar-refractivity contribution >= 4 is 11.9 Å². The van der Waals surface area contributed by atoms with Crippen LogP contribution in [0, 0.1) is 0 Å². The highest BCUT2D eigenvalue weighted by molar-refractivity contribution is 5.87. The SMILES string of the molecule is O=C(Cc1ccccc1)OCCOc1ccc(C(=O)O)cc1. The molecule has 5 nitrogen and oxygen atoms in total. The number of hydrogen-bond acceptors (Lipinski definition) is 4. The van der Waals surface area contributed by atoms with E-state index in [1.807, 2.05) is 30.3 Å². The maximum atomic E-state index is 11.6. The highest BCUT2D eigenvalue weighted by Gasteiger charge is 2.05. The van der Waals surface area contributed by atoms with Crippen molar-refractivity contribution in [1.29, 1.82) is 0 Å². The molecule has 0 saturated heterocycles. The molecule has 2 aromatic rings. The first kappa shape index (κ1) is 15.6. The summed E-state index contributed by atoms with van der Waals surface area (Å²) >= 11 is 0. The number of rotatable bonds is 7. The van der Waals surface area contributed by atoms with Crippen molar-refractivity contribution in [2.24, 2.45) is 0 Å². The van der Waals surface area contributed by atoms with Crippen molar-refractivity contribution in [2.75, 3.05) is 13.2 Å². The van der Waals surface area contributed by atoms with Crippen molar-refractivity contribution in [3.8, 4) is 5.75 Å². The second-order valence-corrected chi connectivity index (χ2v) is 4.56. The lowest BCUT2D eigenvalue weighted by atomic mass is 10.2. The van der Waals surface area contributed by atoms with E-state index in [1.165, 1.54) is 12.1 Å². The van der Waals surface area contributed by atoms with Gasteiger partial charge in [0.1, 0.15) is 19.0 Å². The van der Waals surface area contributed by atoms with E-state index < -0.39 is 5.97 Å². The molecular weight excluding hydrogens is 284 g/mol. The molecule has 114 valence electrons. The van der Waals surface area contributed by atoms with Crippen molar-refractivity contribution < 1.29 is 24.2 Å². The number of esters is 1. The molecule has 0 aliphatic rings. The van der Waals surface area contributed by atoms with Crippen LogP contribution in [0.2, 0.25) is 0 Å². The Balaban J connectivity index is 1.68. The maximum Gasteiger partial charge on any atom is 0.335 e. The molecule has 0 amide bonds. The Kier molecular flexibility index (Phi) is 5.54. The Hall–Kier alpha value is -2.82. The van der Waals surface area contributed by atoms with Crippen LogP contribution in [0.3, 0.4) is 0 Å². The van der Waals surface area contributed by atoms with E-state index in [9.17, 15) is 9.59 Å². The Morgan fingerprint density at radius 2 is 1.59 bits per heavy atom. The number of benzene rings is 2. The highest BCUT2D eigenvalue weighted by atomic mass is 16.6. The first-order chi connectivity index (χ1) is 10.6. The van der Waals surface area contributed by atoms with Crippen LogP contribution in [0.25, 0.3) is 0 Å². The number of carbonyl (C=O) groups excluding carboxylic acids is 1. The predicted octanol–water partition coefficient (Wildman–Crippen LogP) is 2.55. The number of ether oxygens (including phenoxy) is 2. The number of carboxylic acid groups (broad SMARTS) is 1. The maximum absolute atomic E-state index is 11.6. The number of aromatic carboxylic acids is 1. The molecule has 0 radical (unpaired) electrons. The summed E-state index contributed by atoms with van der Waals surface area (Å²) in [6, 6.07) is 15.4. The van der Waals surface area contributed by atoms with Crippen LogP contribution in [-0.4, -0.2) is 30.3 Å². The minimum atomic E-state index is -0.985. The van der Waals surface area contributed by atoms with E-state index in [-0.39, 0.29) is 31.2 Å². The number of carboxylic acids is 1. The van der Waals surface area contributed by atoms with Crippen LogP contribution in [-0.2, 0) is 16.0 Å². The van der Waals surface area contributed by atoms with Gasteiger partial charge in [-0.15, -0.1) is 0 Å². The summed E-state index contributed by atoms with van der Waals surface area (Å²) in [5.74, 6) is -0.762. The Morgan fingerprint density at radius 3 is 2.23 bits per heavy atom. The third-order valence-electron chi connectivity index (χ3n) is 2.91. The van der Waals surface area contributed by atoms with E-state index in [0.717, 1.165) is 5.56 Å².